The van der Waals surface area contributed by atoms with Gasteiger partial charge < -0.3 is 4.74 Å². The van der Waals surface area contributed by atoms with Gasteiger partial charge in [-0.05, 0) is 49.2 Å². The number of ether oxygens (including phenoxy) is 1. The van der Waals surface area contributed by atoms with Gasteiger partial charge in [-0.1, -0.05) is 23.7 Å². The van der Waals surface area contributed by atoms with E-state index >= 15 is 0 Å². The lowest BCUT2D eigenvalue weighted by Crippen LogP contribution is -1.91. The monoisotopic (exact) mass is 280 g/mol. The minimum Gasteiger partial charge on any atom is -0.457 e. The van der Waals surface area contributed by atoms with Crippen LogP contribution in [0.15, 0.2) is 36.4 Å². The molecular weight excluding hydrogens is 267 g/mol. The Balaban J connectivity index is 2.33. The third-order valence-electron chi connectivity index (χ3n) is 2.88. The van der Waals surface area contributed by atoms with Crippen LogP contribution in [0.4, 0.5) is 0 Å². The van der Waals surface area contributed by atoms with Gasteiger partial charge in [-0.25, -0.2) is 0 Å². The molecule has 0 heterocycles. The van der Waals surface area contributed by atoms with E-state index in [1.54, 1.807) is 6.07 Å². The van der Waals surface area contributed by atoms with Crippen LogP contribution in [0.5, 0.6) is 11.5 Å². The molecule has 2 rings (SSSR count). The molecule has 0 amide bonds. The largest absolute Gasteiger partial charge is 0.457 e. The average molecular weight is 281 g/mol. The number of halogens is 2. The number of hydrogen-bond donors (Lipinski definition) is 0. The Bertz CT molecular complexity index is 564. The molecule has 2 aromatic carbocycles. The van der Waals surface area contributed by atoms with Crippen molar-refractivity contribution in [3.63, 3.8) is 0 Å². The summed E-state index contributed by atoms with van der Waals surface area (Å²) in [6.07, 6.45) is 0. The number of rotatable bonds is 3. The molecule has 3 heteroatoms. The Labute approximate surface area is 117 Å². The van der Waals surface area contributed by atoms with Crippen molar-refractivity contribution in [1.29, 1.82) is 0 Å². The molecule has 0 saturated carbocycles. The predicted octanol–water partition coefficient (Wildman–Crippen LogP) is 5.49. The molecule has 0 aromatic heterocycles. The lowest BCUT2D eigenvalue weighted by Gasteiger charge is -2.11. The van der Waals surface area contributed by atoms with Crippen molar-refractivity contribution in [1.82, 2.24) is 0 Å². The highest BCUT2D eigenvalue weighted by Crippen LogP contribution is 2.30. The van der Waals surface area contributed by atoms with Crippen molar-refractivity contribution in [3.05, 3.63) is 58.1 Å². The first-order valence-corrected chi connectivity index (χ1v) is 6.61. The van der Waals surface area contributed by atoms with Crippen molar-refractivity contribution in [3.8, 4) is 11.5 Å². The van der Waals surface area contributed by atoms with Crippen molar-refractivity contribution < 1.29 is 4.74 Å². The zero-order chi connectivity index (χ0) is 13.1. The summed E-state index contributed by atoms with van der Waals surface area (Å²) in [5.74, 6) is 1.91. The first-order valence-electron chi connectivity index (χ1n) is 5.69. The van der Waals surface area contributed by atoms with Crippen LogP contribution in [0.1, 0.15) is 16.7 Å². The molecule has 0 aliphatic rings. The molecule has 0 N–H and O–H groups in total. The highest BCUT2D eigenvalue weighted by molar-refractivity contribution is 6.30. The van der Waals surface area contributed by atoms with Crippen LogP contribution in [-0.4, -0.2) is 0 Å². The first kappa shape index (κ1) is 13.3. The van der Waals surface area contributed by atoms with Gasteiger partial charge in [-0.15, -0.1) is 11.6 Å². The Morgan fingerprint density at radius 3 is 2.44 bits per heavy atom. The quantitative estimate of drug-likeness (QED) is 0.676. The Morgan fingerprint density at radius 1 is 1.00 bits per heavy atom. The normalized spacial score (nSPS) is 10.4. The summed E-state index contributed by atoms with van der Waals surface area (Å²) in [5, 5.41) is 0.641. The van der Waals surface area contributed by atoms with Gasteiger partial charge in [0.15, 0.2) is 0 Å². The van der Waals surface area contributed by atoms with E-state index in [1.165, 1.54) is 11.1 Å². The second-order valence-corrected chi connectivity index (χ2v) is 4.94. The topological polar surface area (TPSA) is 9.23 Å². The molecule has 94 valence electrons. The first-order chi connectivity index (χ1) is 8.60. The summed E-state index contributed by atoms with van der Waals surface area (Å²) in [6.45, 7) is 4.13. The molecule has 0 aliphatic carbocycles. The summed E-state index contributed by atoms with van der Waals surface area (Å²) in [5.41, 5.74) is 3.37. The van der Waals surface area contributed by atoms with E-state index in [2.05, 4.69) is 13.8 Å². The standard InChI is InChI=1S/C15H14Cl2O/c1-10-3-6-14(7-11(10)2)18-15-8-13(17)5-4-12(15)9-16/h3-8H,9H2,1-2H3. The Hall–Kier alpha value is -1.18. The summed E-state index contributed by atoms with van der Waals surface area (Å²) < 4.78 is 5.85. The van der Waals surface area contributed by atoms with Crippen LogP contribution in [0.2, 0.25) is 5.02 Å². The Kier molecular flexibility index (Phi) is 4.15. The molecule has 0 atom stereocenters. The molecule has 2 aromatic rings. The van der Waals surface area contributed by atoms with Crippen LogP contribution in [0, 0.1) is 13.8 Å². The van der Waals surface area contributed by atoms with E-state index < -0.39 is 0 Å². The van der Waals surface area contributed by atoms with Gasteiger partial charge >= 0.3 is 0 Å². The smallest absolute Gasteiger partial charge is 0.133 e. The lowest BCUT2D eigenvalue weighted by atomic mass is 10.1. The van der Waals surface area contributed by atoms with Crippen LogP contribution in [0.25, 0.3) is 0 Å². The average Bonchev–Trinajstić information content (AvgIpc) is 2.34. The number of benzene rings is 2. The lowest BCUT2D eigenvalue weighted by molar-refractivity contribution is 0.478. The van der Waals surface area contributed by atoms with Gasteiger partial charge in [0.2, 0.25) is 0 Å². The zero-order valence-electron chi connectivity index (χ0n) is 10.3. The van der Waals surface area contributed by atoms with Crippen molar-refractivity contribution in [2.75, 3.05) is 0 Å². The van der Waals surface area contributed by atoms with Crippen molar-refractivity contribution in [2.45, 2.75) is 19.7 Å². The maximum Gasteiger partial charge on any atom is 0.133 e. The number of alkyl halides is 1. The number of hydrogen-bond acceptors (Lipinski definition) is 1. The van der Waals surface area contributed by atoms with Crippen molar-refractivity contribution >= 4 is 23.2 Å². The fraction of sp³-hybridized carbons (Fsp3) is 0.200. The van der Waals surface area contributed by atoms with Crippen LogP contribution >= 0.6 is 23.2 Å². The third-order valence-corrected chi connectivity index (χ3v) is 3.40. The van der Waals surface area contributed by atoms with Gasteiger partial charge in [0.25, 0.3) is 0 Å². The highest BCUT2D eigenvalue weighted by atomic mass is 35.5. The minimum atomic E-state index is 0.400. The van der Waals surface area contributed by atoms with E-state index in [-0.39, 0.29) is 0 Å². The van der Waals surface area contributed by atoms with E-state index in [9.17, 15) is 0 Å². The summed E-state index contributed by atoms with van der Waals surface area (Å²) >= 11 is 11.9. The van der Waals surface area contributed by atoms with Crippen LogP contribution < -0.4 is 4.74 Å². The van der Waals surface area contributed by atoms with E-state index in [4.69, 9.17) is 27.9 Å². The van der Waals surface area contributed by atoms with E-state index in [0.29, 0.717) is 16.7 Å². The maximum absolute atomic E-state index is 5.97. The molecule has 0 saturated heterocycles. The van der Waals surface area contributed by atoms with Gasteiger partial charge in [-0.2, -0.15) is 0 Å². The molecule has 1 nitrogen and oxygen atoms in total. The fourth-order valence-electron chi connectivity index (χ4n) is 1.64. The predicted molar refractivity (Wildman–Crippen MR) is 77.0 cm³/mol. The molecule has 0 unspecified atom stereocenters. The van der Waals surface area contributed by atoms with Crippen LogP contribution in [0.3, 0.4) is 0 Å². The van der Waals surface area contributed by atoms with E-state index in [1.807, 2.05) is 30.3 Å². The Morgan fingerprint density at radius 2 is 1.78 bits per heavy atom. The molecule has 0 fully saturated rings. The third kappa shape index (κ3) is 2.98. The zero-order valence-corrected chi connectivity index (χ0v) is 11.8. The summed E-state index contributed by atoms with van der Waals surface area (Å²) in [4.78, 5) is 0. The maximum atomic E-state index is 5.97. The second kappa shape index (κ2) is 5.64. The molecule has 18 heavy (non-hydrogen) atoms. The van der Waals surface area contributed by atoms with Gasteiger partial charge in [0, 0.05) is 10.6 Å². The minimum absolute atomic E-state index is 0.400. The van der Waals surface area contributed by atoms with Gasteiger partial charge in [0.1, 0.15) is 11.5 Å². The molecular formula is C15H14Cl2O. The fourth-order valence-corrected chi connectivity index (χ4v) is 2.02. The molecule has 0 radical (unpaired) electrons. The molecule has 0 bridgehead atoms. The van der Waals surface area contributed by atoms with Gasteiger partial charge in [-0.3, -0.25) is 0 Å². The van der Waals surface area contributed by atoms with Crippen LogP contribution in [-0.2, 0) is 5.88 Å². The summed E-state index contributed by atoms with van der Waals surface area (Å²) in [6, 6.07) is 11.5. The van der Waals surface area contributed by atoms with Gasteiger partial charge in [0.05, 0.1) is 5.88 Å². The second-order valence-electron chi connectivity index (χ2n) is 4.23. The summed E-state index contributed by atoms with van der Waals surface area (Å²) in [7, 11) is 0. The van der Waals surface area contributed by atoms with Crippen molar-refractivity contribution in [2.24, 2.45) is 0 Å². The SMILES string of the molecule is Cc1ccc(Oc2cc(Cl)ccc2CCl)cc1C. The number of aryl methyl sites for hydroxylation is 2. The molecule has 0 aliphatic heterocycles. The molecule has 0 spiro atoms. The van der Waals surface area contributed by atoms with E-state index in [0.717, 1.165) is 11.3 Å². The highest BCUT2D eigenvalue weighted by Gasteiger charge is 2.06.